The van der Waals surface area contributed by atoms with Crippen LogP contribution in [0.15, 0.2) is 26.6 Å². The van der Waals surface area contributed by atoms with Gasteiger partial charge in [-0.05, 0) is 39.7 Å². The number of carbonyl (C=O) groups excluding carboxylic acids is 1. The molecule has 3 nitrogen and oxygen atoms in total. The molecule has 0 radical (unpaired) electrons. The maximum absolute atomic E-state index is 11.7. The van der Waals surface area contributed by atoms with Gasteiger partial charge in [-0.25, -0.2) is 9.97 Å². The molecule has 0 aliphatic heterocycles. The van der Waals surface area contributed by atoms with Crippen molar-refractivity contribution in [3.05, 3.63) is 38.3 Å². The number of aromatic nitrogens is 2. The quantitative estimate of drug-likeness (QED) is 0.614. The van der Waals surface area contributed by atoms with Crippen molar-refractivity contribution in [2.24, 2.45) is 0 Å². The van der Waals surface area contributed by atoms with E-state index in [0.717, 1.165) is 33.9 Å². The van der Waals surface area contributed by atoms with Gasteiger partial charge in [-0.15, -0.1) is 0 Å². The van der Waals surface area contributed by atoms with E-state index in [2.05, 4.69) is 36.7 Å². The van der Waals surface area contributed by atoms with Crippen LogP contribution in [0.5, 0.6) is 0 Å². The molecule has 98 valence electrons. The molecule has 0 amide bonds. The SMILES string of the molecule is O=C1CCCc2nc(SCc3cscc3Br)ncc21. The maximum Gasteiger partial charge on any atom is 0.188 e. The minimum absolute atomic E-state index is 0.179. The second kappa shape index (κ2) is 5.73. The third-order valence-corrected chi connectivity index (χ3v) is 5.75. The molecule has 0 fully saturated rings. The van der Waals surface area contributed by atoms with Crippen LogP contribution in [0.3, 0.4) is 0 Å². The summed E-state index contributed by atoms with van der Waals surface area (Å²) in [6.45, 7) is 0. The van der Waals surface area contributed by atoms with Crippen molar-refractivity contribution in [1.82, 2.24) is 9.97 Å². The van der Waals surface area contributed by atoms with Gasteiger partial charge in [0.05, 0.1) is 11.3 Å². The second-order valence-corrected chi connectivity index (χ2v) is 6.86. The Kier molecular flexibility index (Phi) is 4.00. The molecule has 0 unspecified atom stereocenters. The molecule has 6 heteroatoms. The molecule has 0 atom stereocenters. The van der Waals surface area contributed by atoms with Gasteiger partial charge in [-0.1, -0.05) is 11.8 Å². The highest BCUT2D eigenvalue weighted by atomic mass is 79.9. The lowest BCUT2D eigenvalue weighted by Crippen LogP contribution is -2.13. The Morgan fingerprint density at radius 2 is 2.26 bits per heavy atom. The minimum atomic E-state index is 0.179. The Hall–Kier alpha value is -0.720. The summed E-state index contributed by atoms with van der Waals surface area (Å²) < 4.78 is 1.14. The lowest BCUT2D eigenvalue weighted by Gasteiger charge is -2.13. The number of carbonyl (C=O) groups is 1. The summed E-state index contributed by atoms with van der Waals surface area (Å²) in [6.07, 6.45) is 4.11. The van der Waals surface area contributed by atoms with E-state index in [-0.39, 0.29) is 5.78 Å². The lowest BCUT2D eigenvalue weighted by atomic mass is 9.96. The van der Waals surface area contributed by atoms with Crippen molar-refractivity contribution < 1.29 is 4.79 Å². The Bertz CT molecular complexity index is 627. The van der Waals surface area contributed by atoms with Crippen LogP contribution in [0.2, 0.25) is 0 Å². The molecule has 0 spiro atoms. The zero-order valence-corrected chi connectivity index (χ0v) is 13.3. The number of thioether (sulfide) groups is 1. The van der Waals surface area contributed by atoms with E-state index in [1.54, 1.807) is 29.3 Å². The molecule has 3 rings (SSSR count). The molecule has 1 aliphatic rings. The fourth-order valence-electron chi connectivity index (χ4n) is 2.00. The number of hydrogen-bond donors (Lipinski definition) is 0. The summed E-state index contributed by atoms with van der Waals surface area (Å²) in [5, 5.41) is 4.95. The van der Waals surface area contributed by atoms with E-state index >= 15 is 0 Å². The zero-order valence-electron chi connectivity index (χ0n) is 10.1. The molecule has 2 aromatic heterocycles. The predicted octanol–water partition coefficient (Wildman–Crippen LogP) is 4.11. The molecule has 0 bridgehead atoms. The summed E-state index contributed by atoms with van der Waals surface area (Å²) in [6, 6.07) is 0. The smallest absolute Gasteiger partial charge is 0.188 e. The van der Waals surface area contributed by atoms with Crippen molar-refractivity contribution >= 4 is 44.8 Å². The van der Waals surface area contributed by atoms with Crippen molar-refractivity contribution in [1.29, 1.82) is 0 Å². The van der Waals surface area contributed by atoms with E-state index in [1.165, 1.54) is 5.56 Å². The van der Waals surface area contributed by atoms with Gasteiger partial charge in [-0.2, -0.15) is 11.3 Å². The molecule has 0 saturated carbocycles. The predicted molar refractivity (Wildman–Crippen MR) is 80.9 cm³/mol. The van der Waals surface area contributed by atoms with Gasteiger partial charge in [0, 0.05) is 28.2 Å². The normalized spacial score (nSPS) is 14.5. The first-order valence-electron chi connectivity index (χ1n) is 5.96. The molecule has 1 aliphatic carbocycles. The first kappa shape index (κ1) is 13.3. The second-order valence-electron chi connectivity index (χ2n) is 4.32. The summed E-state index contributed by atoms with van der Waals surface area (Å²) >= 11 is 6.81. The highest BCUT2D eigenvalue weighted by Crippen LogP contribution is 2.29. The van der Waals surface area contributed by atoms with E-state index in [4.69, 9.17) is 0 Å². The Morgan fingerprint density at radius 1 is 1.37 bits per heavy atom. The molecule has 0 aromatic carbocycles. The molecule has 2 aromatic rings. The molecular weight excluding hydrogens is 344 g/mol. The van der Waals surface area contributed by atoms with Crippen molar-refractivity contribution in [3.8, 4) is 0 Å². The number of rotatable bonds is 3. The van der Waals surface area contributed by atoms with Gasteiger partial charge in [-0.3, -0.25) is 4.79 Å². The number of Topliss-reactive ketones (excluding diaryl/α,β-unsaturated/α-hetero) is 1. The van der Waals surface area contributed by atoms with E-state index in [0.29, 0.717) is 12.0 Å². The van der Waals surface area contributed by atoms with Crippen LogP contribution in [-0.4, -0.2) is 15.8 Å². The van der Waals surface area contributed by atoms with Crippen molar-refractivity contribution in [2.75, 3.05) is 0 Å². The third-order valence-electron chi connectivity index (χ3n) is 3.01. The van der Waals surface area contributed by atoms with E-state index in [1.807, 2.05) is 0 Å². The number of ketones is 1. The number of halogens is 1. The van der Waals surface area contributed by atoms with Crippen LogP contribution in [-0.2, 0) is 12.2 Å². The minimum Gasteiger partial charge on any atom is -0.294 e. The number of fused-ring (bicyclic) bond motifs is 1. The van der Waals surface area contributed by atoms with Crippen LogP contribution in [0.25, 0.3) is 0 Å². The molecule has 2 heterocycles. The fourth-order valence-corrected chi connectivity index (χ4v) is 4.56. The van der Waals surface area contributed by atoms with Gasteiger partial charge < -0.3 is 0 Å². The Morgan fingerprint density at radius 3 is 3.05 bits per heavy atom. The van der Waals surface area contributed by atoms with Crippen LogP contribution in [0.4, 0.5) is 0 Å². The van der Waals surface area contributed by atoms with Gasteiger partial charge in [0.1, 0.15) is 0 Å². The average Bonchev–Trinajstić information content (AvgIpc) is 2.82. The number of hydrogen-bond acceptors (Lipinski definition) is 5. The molecule has 0 N–H and O–H groups in total. The van der Waals surface area contributed by atoms with Gasteiger partial charge in [0.25, 0.3) is 0 Å². The summed E-state index contributed by atoms with van der Waals surface area (Å²) in [7, 11) is 0. The largest absolute Gasteiger partial charge is 0.294 e. The van der Waals surface area contributed by atoms with Crippen LogP contribution < -0.4 is 0 Å². The fraction of sp³-hybridized carbons (Fsp3) is 0.308. The summed E-state index contributed by atoms with van der Waals surface area (Å²) in [5.41, 5.74) is 2.89. The van der Waals surface area contributed by atoms with Crippen LogP contribution in [0.1, 0.15) is 34.5 Å². The van der Waals surface area contributed by atoms with E-state index in [9.17, 15) is 4.79 Å². The van der Waals surface area contributed by atoms with Crippen molar-refractivity contribution in [3.63, 3.8) is 0 Å². The number of nitrogens with zero attached hydrogens (tertiary/aromatic N) is 2. The number of aryl methyl sites for hydroxylation is 1. The third kappa shape index (κ3) is 2.90. The highest BCUT2D eigenvalue weighted by molar-refractivity contribution is 9.10. The summed E-state index contributed by atoms with van der Waals surface area (Å²) in [4.78, 5) is 20.5. The Labute approximate surface area is 128 Å². The molecule has 0 saturated heterocycles. The van der Waals surface area contributed by atoms with Crippen LogP contribution in [0, 0.1) is 0 Å². The van der Waals surface area contributed by atoms with Gasteiger partial charge in [0.15, 0.2) is 10.9 Å². The highest BCUT2D eigenvalue weighted by Gasteiger charge is 2.19. The topological polar surface area (TPSA) is 42.9 Å². The van der Waals surface area contributed by atoms with Crippen molar-refractivity contribution in [2.45, 2.75) is 30.2 Å². The first-order chi connectivity index (χ1) is 9.24. The number of thiophene rings is 1. The van der Waals surface area contributed by atoms with E-state index < -0.39 is 0 Å². The standard InChI is InChI=1S/C13H11BrN2OS2/c14-10-7-18-5-8(10)6-19-13-15-4-9-11(16-13)2-1-3-12(9)17/h4-5,7H,1-3,6H2. The first-order valence-corrected chi connectivity index (χ1v) is 8.68. The van der Waals surface area contributed by atoms with Gasteiger partial charge >= 0.3 is 0 Å². The average molecular weight is 355 g/mol. The lowest BCUT2D eigenvalue weighted by molar-refractivity contribution is 0.0970. The summed E-state index contributed by atoms with van der Waals surface area (Å²) in [5.74, 6) is 1.02. The van der Waals surface area contributed by atoms with Gasteiger partial charge in [0.2, 0.25) is 0 Å². The Balaban J connectivity index is 1.76. The zero-order chi connectivity index (χ0) is 13.2. The molecular formula is C13H11BrN2OS2. The maximum atomic E-state index is 11.7. The van der Waals surface area contributed by atoms with Crippen LogP contribution >= 0.6 is 39.0 Å². The molecule has 19 heavy (non-hydrogen) atoms. The monoisotopic (exact) mass is 354 g/mol.